The molecule has 0 aliphatic heterocycles. The highest BCUT2D eigenvalue weighted by Crippen LogP contribution is 2.27. The van der Waals surface area contributed by atoms with Gasteiger partial charge in [-0.1, -0.05) is 25.4 Å². The number of halogens is 1. The van der Waals surface area contributed by atoms with Crippen molar-refractivity contribution in [3.05, 3.63) is 28.9 Å². The van der Waals surface area contributed by atoms with E-state index in [4.69, 9.17) is 17.3 Å². The lowest BCUT2D eigenvalue weighted by atomic mass is 10.2. The summed E-state index contributed by atoms with van der Waals surface area (Å²) < 4.78 is 0. The number of nitrogens with zero attached hydrogens (tertiary/aromatic N) is 1. The van der Waals surface area contributed by atoms with Crippen LogP contribution in [0.3, 0.4) is 0 Å². The maximum Gasteiger partial charge on any atom is 0.269 e. The number of rotatable bonds is 1. The quantitative estimate of drug-likeness (QED) is 0.780. The maximum absolute atomic E-state index is 11.7. The van der Waals surface area contributed by atoms with E-state index in [0.29, 0.717) is 16.4 Å². The summed E-state index contributed by atoms with van der Waals surface area (Å²) in [7, 11) is 3.40. The number of aromatic amines is 1. The Labute approximate surface area is 112 Å². The van der Waals surface area contributed by atoms with Gasteiger partial charge in [0.05, 0.1) is 10.5 Å². The first-order valence-corrected chi connectivity index (χ1v) is 6.16. The van der Waals surface area contributed by atoms with Gasteiger partial charge in [0.15, 0.2) is 0 Å². The number of carbonyl (C=O) groups excluding carboxylic acids is 1. The van der Waals surface area contributed by atoms with Gasteiger partial charge in [-0.2, -0.15) is 0 Å². The summed E-state index contributed by atoms with van der Waals surface area (Å²) in [5, 5.41) is 1.36. The molecule has 0 radical (unpaired) electrons. The number of amides is 1. The summed E-state index contributed by atoms with van der Waals surface area (Å²) in [6.07, 6.45) is 0. The third-order valence-electron chi connectivity index (χ3n) is 2.34. The van der Waals surface area contributed by atoms with E-state index in [1.54, 1.807) is 32.3 Å². The Balaban J connectivity index is 0.000000771. The smallest absolute Gasteiger partial charge is 0.269 e. The van der Waals surface area contributed by atoms with Crippen LogP contribution in [0.5, 0.6) is 0 Å². The minimum Gasteiger partial charge on any atom is -0.399 e. The van der Waals surface area contributed by atoms with Gasteiger partial charge in [0, 0.05) is 25.2 Å². The van der Waals surface area contributed by atoms with Crippen molar-refractivity contribution >= 4 is 34.1 Å². The van der Waals surface area contributed by atoms with E-state index in [2.05, 4.69) is 4.98 Å². The van der Waals surface area contributed by atoms with Gasteiger partial charge in [-0.15, -0.1) is 0 Å². The van der Waals surface area contributed by atoms with Gasteiger partial charge in [0.25, 0.3) is 5.91 Å². The Morgan fingerprint density at radius 1 is 1.28 bits per heavy atom. The van der Waals surface area contributed by atoms with Gasteiger partial charge in [0.2, 0.25) is 0 Å². The molecule has 1 aromatic heterocycles. The molecule has 0 aliphatic carbocycles. The fourth-order valence-electron chi connectivity index (χ4n) is 1.58. The summed E-state index contributed by atoms with van der Waals surface area (Å²) in [5.74, 6) is -0.0918. The Kier molecular flexibility index (Phi) is 4.62. The molecule has 1 aromatic carbocycles. The molecule has 1 heterocycles. The Morgan fingerprint density at radius 2 is 1.89 bits per heavy atom. The van der Waals surface area contributed by atoms with Gasteiger partial charge >= 0.3 is 0 Å². The molecule has 0 fully saturated rings. The van der Waals surface area contributed by atoms with E-state index in [-0.39, 0.29) is 5.91 Å². The van der Waals surface area contributed by atoms with E-state index in [1.807, 2.05) is 13.8 Å². The predicted molar refractivity (Wildman–Crippen MR) is 77.1 cm³/mol. The van der Waals surface area contributed by atoms with Crippen molar-refractivity contribution in [3.8, 4) is 0 Å². The van der Waals surface area contributed by atoms with Gasteiger partial charge < -0.3 is 15.6 Å². The molecule has 0 unspecified atom stereocenters. The molecule has 4 nitrogen and oxygen atoms in total. The average Bonchev–Trinajstić information content (AvgIpc) is 2.74. The van der Waals surface area contributed by atoms with Crippen molar-refractivity contribution in [2.45, 2.75) is 13.8 Å². The van der Waals surface area contributed by atoms with E-state index in [0.717, 1.165) is 10.9 Å². The van der Waals surface area contributed by atoms with Crippen LogP contribution in [0.15, 0.2) is 18.2 Å². The second-order valence-electron chi connectivity index (χ2n) is 3.85. The van der Waals surface area contributed by atoms with Crippen molar-refractivity contribution < 1.29 is 4.79 Å². The Morgan fingerprint density at radius 3 is 2.44 bits per heavy atom. The summed E-state index contributed by atoms with van der Waals surface area (Å²) in [6.45, 7) is 4.00. The van der Waals surface area contributed by atoms with Gasteiger partial charge in [-0.3, -0.25) is 4.79 Å². The monoisotopic (exact) mass is 267 g/mol. The van der Waals surface area contributed by atoms with E-state index in [1.165, 1.54) is 4.90 Å². The second-order valence-corrected chi connectivity index (χ2v) is 4.26. The summed E-state index contributed by atoms with van der Waals surface area (Å²) >= 11 is 6.02. The minimum absolute atomic E-state index is 0.0918. The zero-order valence-corrected chi connectivity index (χ0v) is 11.8. The van der Waals surface area contributed by atoms with Crippen LogP contribution >= 0.6 is 11.6 Å². The molecule has 18 heavy (non-hydrogen) atoms. The van der Waals surface area contributed by atoms with E-state index in [9.17, 15) is 4.79 Å². The highest BCUT2D eigenvalue weighted by molar-refractivity contribution is 6.35. The van der Waals surface area contributed by atoms with Crippen molar-refractivity contribution in [1.82, 2.24) is 9.88 Å². The van der Waals surface area contributed by atoms with Crippen LogP contribution in [-0.2, 0) is 0 Å². The molecule has 0 saturated heterocycles. The molecule has 0 bridgehead atoms. The van der Waals surface area contributed by atoms with Crippen molar-refractivity contribution in [1.29, 1.82) is 0 Å². The summed E-state index contributed by atoms with van der Waals surface area (Å²) in [5.41, 5.74) is 7.50. The largest absolute Gasteiger partial charge is 0.399 e. The van der Waals surface area contributed by atoms with E-state index >= 15 is 0 Å². The molecule has 0 saturated carbocycles. The van der Waals surface area contributed by atoms with Crippen LogP contribution in [0.25, 0.3) is 10.9 Å². The molecule has 1 amide bonds. The lowest BCUT2D eigenvalue weighted by Gasteiger charge is -2.07. The Hall–Kier alpha value is -1.68. The number of H-pyrrole nitrogens is 1. The first-order valence-electron chi connectivity index (χ1n) is 5.78. The summed E-state index contributed by atoms with van der Waals surface area (Å²) in [6, 6.07) is 5.19. The fraction of sp³-hybridized carbons (Fsp3) is 0.308. The molecule has 98 valence electrons. The number of nitrogen functional groups attached to an aromatic ring is 1. The lowest BCUT2D eigenvalue weighted by molar-refractivity contribution is 0.0823. The highest BCUT2D eigenvalue weighted by atomic mass is 35.5. The highest BCUT2D eigenvalue weighted by Gasteiger charge is 2.12. The number of hydrogen-bond acceptors (Lipinski definition) is 2. The first kappa shape index (κ1) is 14.4. The second kappa shape index (κ2) is 5.78. The zero-order valence-electron chi connectivity index (χ0n) is 11.0. The van der Waals surface area contributed by atoms with Crippen LogP contribution in [0.1, 0.15) is 24.3 Å². The van der Waals surface area contributed by atoms with Crippen LogP contribution in [-0.4, -0.2) is 29.9 Å². The SMILES string of the molecule is CC.CN(C)C(=O)c1cc2cc(N)cc(Cl)c2[nH]1. The standard InChI is InChI=1S/C11H12ClN3O.C2H6/c1-15(2)11(16)9-4-6-3-7(13)5-8(12)10(6)14-9;1-2/h3-5,14H,13H2,1-2H3;1-2H3. The molecular weight excluding hydrogens is 250 g/mol. The van der Waals surface area contributed by atoms with Gasteiger partial charge in [-0.25, -0.2) is 0 Å². The van der Waals surface area contributed by atoms with Crippen LogP contribution in [0, 0.1) is 0 Å². The van der Waals surface area contributed by atoms with Crippen LogP contribution in [0.2, 0.25) is 5.02 Å². The number of aromatic nitrogens is 1. The van der Waals surface area contributed by atoms with Crippen LogP contribution in [0.4, 0.5) is 5.69 Å². The number of nitrogens with two attached hydrogens (primary N) is 1. The third-order valence-corrected chi connectivity index (χ3v) is 2.64. The number of hydrogen-bond donors (Lipinski definition) is 2. The lowest BCUT2D eigenvalue weighted by Crippen LogP contribution is -2.21. The number of fused-ring (bicyclic) bond motifs is 1. The number of benzene rings is 1. The first-order chi connectivity index (χ1) is 8.49. The molecule has 0 aliphatic rings. The predicted octanol–water partition coefficient (Wildman–Crippen LogP) is 3.13. The number of nitrogens with one attached hydrogen (secondary N) is 1. The summed E-state index contributed by atoms with van der Waals surface area (Å²) in [4.78, 5) is 16.2. The average molecular weight is 268 g/mol. The molecule has 2 aromatic rings. The molecule has 5 heteroatoms. The van der Waals surface area contributed by atoms with Gasteiger partial charge in [0.1, 0.15) is 5.69 Å². The number of carbonyl (C=O) groups is 1. The van der Waals surface area contributed by atoms with E-state index < -0.39 is 0 Å². The van der Waals surface area contributed by atoms with Crippen molar-refractivity contribution in [3.63, 3.8) is 0 Å². The fourth-order valence-corrected chi connectivity index (χ4v) is 1.86. The Bertz CT molecular complexity index is 561. The molecule has 2 rings (SSSR count). The third kappa shape index (κ3) is 2.76. The zero-order chi connectivity index (χ0) is 13.9. The van der Waals surface area contributed by atoms with Crippen molar-refractivity contribution in [2.75, 3.05) is 19.8 Å². The topological polar surface area (TPSA) is 62.1 Å². The number of anilines is 1. The normalized spacial score (nSPS) is 9.83. The minimum atomic E-state index is -0.0918. The van der Waals surface area contributed by atoms with Crippen molar-refractivity contribution in [2.24, 2.45) is 0 Å². The van der Waals surface area contributed by atoms with Gasteiger partial charge in [-0.05, 0) is 18.2 Å². The molecule has 0 atom stereocenters. The van der Waals surface area contributed by atoms with Crippen LogP contribution < -0.4 is 5.73 Å². The molecule has 0 spiro atoms. The maximum atomic E-state index is 11.7. The molecule has 3 N–H and O–H groups in total. The molecular formula is C13H18ClN3O.